The van der Waals surface area contributed by atoms with E-state index in [1.807, 2.05) is 19.1 Å². The highest BCUT2D eigenvalue weighted by atomic mass is 19.1. The maximum atomic E-state index is 15.7. The lowest BCUT2D eigenvalue weighted by atomic mass is 9.92. The Morgan fingerprint density at radius 1 is 1.29 bits per heavy atom. The van der Waals surface area contributed by atoms with Crippen molar-refractivity contribution in [2.75, 3.05) is 37.4 Å². The number of rotatable bonds is 4. The van der Waals surface area contributed by atoms with Gasteiger partial charge < -0.3 is 20.7 Å². The molecule has 4 rings (SSSR count). The number of halogens is 1. The average molecular weight is 383 g/mol. The van der Waals surface area contributed by atoms with Crippen LogP contribution in [0.4, 0.5) is 21.8 Å². The molecule has 3 N–H and O–H groups in total. The normalized spacial score (nSPS) is 18.7. The van der Waals surface area contributed by atoms with E-state index in [-0.39, 0.29) is 5.82 Å². The summed E-state index contributed by atoms with van der Waals surface area (Å²) in [4.78, 5) is 8.79. The first-order chi connectivity index (χ1) is 13.5. The zero-order valence-corrected chi connectivity index (χ0v) is 16.5. The van der Waals surface area contributed by atoms with Crippen LogP contribution in [0.15, 0.2) is 18.2 Å². The van der Waals surface area contributed by atoms with E-state index in [2.05, 4.69) is 38.9 Å². The molecule has 2 aliphatic rings. The van der Waals surface area contributed by atoms with Crippen LogP contribution in [0.3, 0.4) is 0 Å². The average Bonchev–Trinajstić information content (AvgIpc) is 3.01. The summed E-state index contributed by atoms with van der Waals surface area (Å²) < 4.78 is 21.5. The second-order valence-electron chi connectivity index (χ2n) is 7.49. The molecule has 0 amide bonds. The molecule has 1 aromatic carbocycles. The van der Waals surface area contributed by atoms with Crippen molar-refractivity contribution in [2.24, 2.45) is 5.92 Å². The van der Waals surface area contributed by atoms with Crippen LogP contribution in [0.5, 0.6) is 5.75 Å². The van der Waals surface area contributed by atoms with Crippen LogP contribution < -0.4 is 20.7 Å². The third kappa shape index (κ3) is 3.67. The molecule has 6 nitrogen and oxygen atoms in total. The first kappa shape index (κ1) is 18.7. The molecule has 0 unspecified atom stereocenters. The Hall–Kier alpha value is -2.67. The number of benzene rings is 1. The quantitative estimate of drug-likeness (QED) is 0.749. The lowest BCUT2D eigenvalue weighted by molar-refractivity contribution is 0.354. The van der Waals surface area contributed by atoms with Crippen LogP contribution in [-0.4, -0.2) is 36.7 Å². The van der Waals surface area contributed by atoms with Crippen molar-refractivity contribution in [1.29, 1.82) is 0 Å². The van der Waals surface area contributed by atoms with Crippen LogP contribution in [0.1, 0.15) is 30.2 Å². The lowest BCUT2D eigenvalue weighted by Crippen LogP contribution is -2.18. The number of nitrogens with zero attached hydrogens (tertiary/aromatic N) is 2. The molecule has 0 aliphatic carbocycles. The van der Waals surface area contributed by atoms with Crippen LogP contribution in [0, 0.1) is 18.7 Å². The molecular weight excluding hydrogens is 357 g/mol. The molecule has 0 saturated carbocycles. The van der Waals surface area contributed by atoms with Crippen molar-refractivity contribution < 1.29 is 9.13 Å². The predicted octanol–water partition coefficient (Wildman–Crippen LogP) is 3.66. The highest BCUT2D eigenvalue weighted by Gasteiger charge is 2.27. The highest BCUT2D eigenvalue weighted by Crippen LogP contribution is 2.42. The highest BCUT2D eigenvalue weighted by molar-refractivity contribution is 5.78. The fraction of sp³-hybridized carbons (Fsp3) is 0.429. The number of anilines is 3. The second-order valence-corrected chi connectivity index (χ2v) is 7.49. The van der Waals surface area contributed by atoms with Gasteiger partial charge in [0.2, 0.25) is 5.95 Å². The van der Waals surface area contributed by atoms with E-state index in [4.69, 9.17) is 4.74 Å². The molecule has 0 fully saturated rings. The number of allylic oxidation sites excluding steroid dienone is 1. The Kier molecular flexibility index (Phi) is 5.17. The van der Waals surface area contributed by atoms with Crippen molar-refractivity contribution in [3.05, 3.63) is 40.8 Å². The zero-order valence-electron chi connectivity index (χ0n) is 16.5. The summed E-state index contributed by atoms with van der Waals surface area (Å²) in [6, 6.07) is 3.67. The first-order valence-corrected chi connectivity index (χ1v) is 9.74. The Bertz CT molecular complexity index is 927. The maximum absolute atomic E-state index is 15.7. The van der Waals surface area contributed by atoms with Crippen molar-refractivity contribution in [3.8, 4) is 5.75 Å². The van der Waals surface area contributed by atoms with Gasteiger partial charge in [-0.05, 0) is 37.4 Å². The molecule has 0 bridgehead atoms. The molecular formula is C21H26FN5O. The minimum Gasteiger partial charge on any atom is -0.492 e. The minimum atomic E-state index is -0.308. The van der Waals surface area contributed by atoms with Gasteiger partial charge in [0.15, 0.2) is 5.82 Å². The first-order valence-electron chi connectivity index (χ1n) is 9.74. The number of nitrogens with one attached hydrogen (secondary N) is 3. The summed E-state index contributed by atoms with van der Waals surface area (Å²) in [5.74, 6) is 1.87. The van der Waals surface area contributed by atoms with Gasteiger partial charge in [0.1, 0.15) is 11.6 Å². The smallest absolute Gasteiger partial charge is 0.229 e. The fourth-order valence-electron chi connectivity index (χ4n) is 3.82. The molecule has 7 heteroatoms. The van der Waals surface area contributed by atoms with Crippen molar-refractivity contribution in [2.45, 2.75) is 26.7 Å². The van der Waals surface area contributed by atoms with E-state index in [1.165, 1.54) is 0 Å². The number of hydrogen-bond acceptors (Lipinski definition) is 6. The number of aromatic nitrogens is 2. The summed E-state index contributed by atoms with van der Waals surface area (Å²) in [5, 5.41) is 9.47. The standard InChI is InChI=1S/C21H26FN5O/c1-12-8-14(4-6-24-11-12)18-19(22)16(10-15-5-7-28-20(15)18)26-21-25-13(2)9-17(23-3)27-21/h4,9-10,12,24H,5-8,11H2,1-3H3,(H2,23,25,26,27)/t12-/m1/s1. The largest absolute Gasteiger partial charge is 0.492 e. The Morgan fingerprint density at radius 3 is 2.96 bits per heavy atom. The molecule has 3 heterocycles. The molecule has 0 radical (unpaired) electrons. The van der Waals surface area contributed by atoms with Gasteiger partial charge in [-0.1, -0.05) is 13.0 Å². The molecule has 1 aromatic heterocycles. The monoisotopic (exact) mass is 383 g/mol. The number of aryl methyl sites for hydroxylation is 1. The molecule has 2 aliphatic heterocycles. The third-order valence-corrected chi connectivity index (χ3v) is 5.14. The molecule has 28 heavy (non-hydrogen) atoms. The SMILES string of the molecule is CNc1cc(C)nc(Nc2cc3c(c(C4=CCNC[C@H](C)C4)c2F)OCC3)n1. The van der Waals surface area contributed by atoms with Crippen LogP contribution >= 0.6 is 0 Å². The Balaban J connectivity index is 1.77. The Labute approximate surface area is 164 Å². The van der Waals surface area contributed by atoms with E-state index in [1.54, 1.807) is 7.05 Å². The molecule has 0 saturated heterocycles. The van der Waals surface area contributed by atoms with E-state index < -0.39 is 0 Å². The zero-order chi connectivity index (χ0) is 19.7. The van der Waals surface area contributed by atoms with Crippen LogP contribution in [0.25, 0.3) is 5.57 Å². The topological polar surface area (TPSA) is 71.1 Å². The number of hydrogen-bond donors (Lipinski definition) is 3. The van der Waals surface area contributed by atoms with Gasteiger partial charge in [-0.15, -0.1) is 0 Å². The minimum absolute atomic E-state index is 0.308. The van der Waals surface area contributed by atoms with E-state index in [0.29, 0.717) is 41.3 Å². The third-order valence-electron chi connectivity index (χ3n) is 5.14. The maximum Gasteiger partial charge on any atom is 0.229 e. The summed E-state index contributed by atoms with van der Waals surface area (Å²) >= 11 is 0. The summed E-state index contributed by atoms with van der Waals surface area (Å²) in [6.07, 6.45) is 3.67. The predicted molar refractivity (Wildman–Crippen MR) is 110 cm³/mol. The molecule has 1 atom stereocenters. The van der Waals surface area contributed by atoms with Gasteiger partial charge in [0, 0.05) is 37.3 Å². The Morgan fingerprint density at radius 2 is 2.14 bits per heavy atom. The lowest BCUT2D eigenvalue weighted by Gasteiger charge is -2.18. The second kappa shape index (κ2) is 7.75. The fourth-order valence-corrected chi connectivity index (χ4v) is 3.82. The number of fused-ring (bicyclic) bond motifs is 1. The number of ether oxygens (including phenoxy) is 1. The molecule has 148 valence electrons. The van der Waals surface area contributed by atoms with E-state index in [9.17, 15) is 0 Å². The van der Waals surface area contributed by atoms with Gasteiger partial charge in [0.25, 0.3) is 0 Å². The van der Waals surface area contributed by atoms with Gasteiger partial charge in [-0.3, -0.25) is 0 Å². The van der Waals surface area contributed by atoms with Crippen molar-refractivity contribution >= 4 is 23.0 Å². The van der Waals surface area contributed by atoms with E-state index >= 15 is 4.39 Å². The van der Waals surface area contributed by atoms with E-state index in [0.717, 1.165) is 42.8 Å². The molecule has 2 aromatic rings. The van der Waals surface area contributed by atoms with Crippen LogP contribution in [0.2, 0.25) is 0 Å². The van der Waals surface area contributed by atoms with Gasteiger partial charge >= 0.3 is 0 Å². The summed E-state index contributed by atoms with van der Waals surface area (Å²) in [6.45, 7) is 6.30. The molecule has 0 spiro atoms. The van der Waals surface area contributed by atoms with Gasteiger partial charge in [-0.25, -0.2) is 9.37 Å². The van der Waals surface area contributed by atoms with Crippen molar-refractivity contribution in [3.63, 3.8) is 0 Å². The van der Waals surface area contributed by atoms with Gasteiger partial charge in [0.05, 0.1) is 17.9 Å². The summed E-state index contributed by atoms with van der Waals surface area (Å²) in [7, 11) is 1.80. The van der Waals surface area contributed by atoms with Crippen molar-refractivity contribution in [1.82, 2.24) is 15.3 Å². The van der Waals surface area contributed by atoms with Gasteiger partial charge in [-0.2, -0.15) is 4.98 Å². The van der Waals surface area contributed by atoms with Crippen LogP contribution in [-0.2, 0) is 6.42 Å². The summed E-state index contributed by atoms with van der Waals surface area (Å²) in [5.41, 5.74) is 3.79.